The van der Waals surface area contributed by atoms with Crippen molar-refractivity contribution in [2.75, 3.05) is 39.3 Å². The third kappa shape index (κ3) is 6.04. The maximum atomic E-state index is 13.5. The summed E-state index contributed by atoms with van der Waals surface area (Å²) in [5.74, 6) is -0.430. The van der Waals surface area contributed by atoms with Crippen molar-refractivity contribution < 1.29 is 19.1 Å². The SMILES string of the molecule is O=C1NCCCN(C(=O)CCn2cnnn2)CCOc2cccc(c2)[C@H]2CN(C(=O)c3cnc4ccccc4n3)C[C@H]12. The number of nitrogens with one attached hydrogen (secondary N) is 1. The molecule has 42 heavy (non-hydrogen) atoms. The monoisotopic (exact) mass is 569 g/mol. The Bertz CT molecular complexity index is 1580. The topological polar surface area (TPSA) is 148 Å². The summed E-state index contributed by atoms with van der Waals surface area (Å²) in [6.45, 7) is 2.63. The van der Waals surface area contributed by atoms with Crippen molar-refractivity contribution >= 4 is 28.8 Å². The molecular weight excluding hydrogens is 538 g/mol. The fraction of sp³-hybridized carbons (Fsp3) is 0.379. The standard InChI is InChI=1S/C29H31N9O4/c39-27(9-12-38-19-32-34-35-38)36-11-4-10-30-28(40)23-18-37(17-22(23)20-5-3-6-21(15-20)42-14-13-36)29(41)26-16-31-24-7-1-2-8-25(24)33-26/h1-3,5-8,15-16,19,22-23H,4,9-14,17-18H2,(H,30,40)/t22-,23+/m1/s1. The fourth-order valence-corrected chi connectivity index (χ4v) is 5.53. The third-order valence-electron chi connectivity index (χ3n) is 7.73. The number of likely N-dealkylation sites (tertiary alicyclic amines) is 1. The summed E-state index contributed by atoms with van der Waals surface area (Å²) in [4.78, 5) is 52.3. The van der Waals surface area contributed by atoms with E-state index in [4.69, 9.17) is 4.74 Å². The molecule has 2 aliphatic heterocycles. The lowest BCUT2D eigenvalue weighted by atomic mass is 9.88. The Balaban J connectivity index is 1.18. The summed E-state index contributed by atoms with van der Waals surface area (Å²) >= 11 is 0. The minimum absolute atomic E-state index is 0.0388. The average Bonchev–Trinajstić information content (AvgIpc) is 3.71. The molecule has 1 fully saturated rings. The molecule has 2 atom stereocenters. The number of para-hydroxylation sites is 2. The van der Waals surface area contributed by atoms with E-state index in [1.807, 2.05) is 48.5 Å². The zero-order valence-corrected chi connectivity index (χ0v) is 23.0. The number of carbonyl (C=O) groups excluding carboxylic acids is 3. The molecule has 4 heterocycles. The van der Waals surface area contributed by atoms with Gasteiger partial charge < -0.3 is 19.9 Å². The van der Waals surface area contributed by atoms with Gasteiger partial charge in [0.2, 0.25) is 11.8 Å². The van der Waals surface area contributed by atoms with Gasteiger partial charge in [-0.05, 0) is 46.7 Å². The maximum absolute atomic E-state index is 13.5. The summed E-state index contributed by atoms with van der Waals surface area (Å²) in [5.41, 5.74) is 2.53. The van der Waals surface area contributed by atoms with Gasteiger partial charge in [0, 0.05) is 38.5 Å². The third-order valence-corrected chi connectivity index (χ3v) is 7.73. The molecule has 2 aromatic carbocycles. The highest BCUT2D eigenvalue weighted by molar-refractivity contribution is 5.95. The van der Waals surface area contributed by atoms with E-state index in [9.17, 15) is 14.4 Å². The molecule has 0 radical (unpaired) electrons. The van der Waals surface area contributed by atoms with Crippen molar-refractivity contribution in [3.63, 3.8) is 0 Å². The van der Waals surface area contributed by atoms with Crippen molar-refractivity contribution in [2.24, 2.45) is 5.92 Å². The van der Waals surface area contributed by atoms with Crippen LogP contribution in [0.4, 0.5) is 0 Å². The molecule has 216 valence electrons. The number of benzene rings is 2. The zero-order valence-electron chi connectivity index (χ0n) is 23.0. The number of hydrogen-bond acceptors (Lipinski definition) is 9. The Kier molecular flexibility index (Phi) is 7.97. The minimum atomic E-state index is -0.449. The minimum Gasteiger partial charge on any atom is -0.492 e. The highest BCUT2D eigenvalue weighted by atomic mass is 16.5. The molecular formula is C29H31N9O4. The van der Waals surface area contributed by atoms with Gasteiger partial charge in [0.25, 0.3) is 5.91 Å². The van der Waals surface area contributed by atoms with Gasteiger partial charge in [-0.15, -0.1) is 5.10 Å². The molecule has 0 aliphatic carbocycles. The summed E-state index contributed by atoms with van der Waals surface area (Å²) in [6.07, 6.45) is 3.80. The number of carbonyl (C=O) groups is 3. The van der Waals surface area contributed by atoms with Gasteiger partial charge >= 0.3 is 0 Å². The Morgan fingerprint density at radius 3 is 2.71 bits per heavy atom. The summed E-state index contributed by atoms with van der Waals surface area (Å²) in [5, 5.41) is 14.1. The van der Waals surface area contributed by atoms with Crippen molar-refractivity contribution in [3.05, 3.63) is 72.3 Å². The second-order valence-electron chi connectivity index (χ2n) is 10.4. The Morgan fingerprint density at radius 2 is 1.86 bits per heavy atom. The van der Waals surface area contributed by atoms with Crippen LogP contribution in [-0.4, -0.2) is 97.0 Å². The molecule has 13 heteroatoms. The van der Waals surface area contributed by atoms with E-state index >= 15 is 0 Å². The summed E-state index contributed by atoms with van der Waals surface area (Å²) in [7, 11) is 0. The number of rotatable bonds is 4. The number of fused-ring (bicyclic) bond motifs is 5. The van der Waals surface area contributed by atoms with E-state index in [0.717, 1.165) is 5.56 Å². The molecule has 3 amide bonds. The van der Waals surface area contributed by atoms with E-state index < -0.39 is 5.92 Å². The fourth-order valence-electron chi connectivity index (χ4n) is 5.53. The van der Waals surface area contributed by atoms with E-state index in [-0.39, 0.29) is 42.3 Å². The van der Waals surface area contributed by atoms with E-state index in [1.165, 1.54) is 17.2 Å². The molecule has 0 unspecified atom stereocenters. The van der Waals surface area contributed by atoms with Gasteiger partial charge in [-0.1, -0.05) is 24.3 Å². The summed E-state index contributed by atoms with van der Waals surface area (Å²) < 4.78 is 7.57. The van der Waals surface area contributed by atoms with Crippen LogP contribution >= 0.6 is 0 Å². The lowest BCUT2D eigenvalue weighted by Crippen LogP contribution is -2.39. The quantitative estimate of drug-likeness (QED) is 0.384. The second kappa shape index (κ2) is 12.3. The molecule has 13 nitrogen and oxygen atoms in total. The van der Waals surface area contributed by atoms with Crippen LogP contribution < -0.4 is 10.1 Å². The molecule has 2 aromatic heterocycles. The normalized spacial score (nSPS) is 19.5. The van der Waals surface area contributed by atoms with Crippen LogP contribution in [0, 0.1) is 5.92 Å². The molecule has 1 N–H and O–H groups in total. The van der Waals surface area contributed by atoms with Gasteiger partial charge in [0.1, 0.15) is 24.4 Å². The Morgan fingerprint density at radius 1 is 1.00 bits per heavy atom. The average molecular weight is 570 g/mol. The summed E-state index contributed by atoms with van der Waals surface area (Å²) in [6, 6.07) is 15.0. The Hall–Kier alpha value is -4.94. The van der Waals surface area contributed by atoms with E-state index in [0.29, 0.717) is 62.5 Å². The van der Waals surface area contributed by atoms with Gasteiger partial charge in [0.15, 0.2) is 0 Å². The van der Waals surface area contributed by atoms with Crippen molar-refractivity contribution in [2.45, 2.75) is 25.3 Å². The van der Waals surface area contributed by atoms with Crippen molar-refractivity contribution in [3.8, 4) is 5.75 Å². The van der Waals surface area contributed by atoms with E-state index in [1.54, 1.807) is 9.80 Å². The largest absolute Gasteiger partial charge is 0.492 e. The lowest BCUT2D eigenvalue weighted by molar-refractivity contribution is -0.132. The predicted octanol–water partition coefficient (Wildman–Crippen LogP) is 1.29. The van der Waals surface area contributed by atoms with Gasteiger partial charge in [-0.3, -0.25) is 19.4 Å². The first-order chi connectivity index (χ1) is 20.5. The number of hydrogen-bond donors (Lipinski definition) is 1. The van der Waals surface area contributed by atoms with Crippen LogP contribution in [0.2, 0.25) is 0 Å². The number of nitrogens with zero attached hydrogens (tertiary/aromatic N) is 8. The first-order valence-electron chi connectivity index (χ1n) is 14.1. The van der Waals surface area contributed by atoms with Crippen LogP contribution in [0.25, 0.3) is 11.0 Å². The number of aryl methyl sites for hydroxylation is 1. The Labute approximate surface area is 241 Å². The molecule has 2 bridgehead atoms. The lowest BCUT2D eigenvalue weighted by Gasteiger charge is -2.24. The van der Waals surface area contributed by atoms with Crippen LogP contribution in [0.3, 0.4) is 0 Å². The highest BCUT2D eigenvalue weighted by Crippen LogP contribution is 2.35. The van der Waals surface area contributed by atoms with Crippen LogP contribution in [0.1, 0.15) is 34.8 Å². The molecule has 6 rings (SSSR count). The van der Waals surface area contributed by atoms with Crippen molar-refractivity contribution in [1.29, 1.82) is 0 Å². The number of tetrazole rings is 1. The maximum Gasteiger partial charge on any atom is 0.274 e. The second-order valence-corrected chi connectivity index (χ2v) is 10.4. The smallest absolute Gasteiger partial charge is 0.274 e. The zero-order chi connectivity index (χ0) is 28.9. The molecule has 1 saturated heterocycles. The predicted molar refractivity (Wildman–Crippen MR) is 150 cm³/mol. The first kappa shape index (κ1) is 27.2. The van der Waals surface area contributed by atoms with Gasteiger partial charge in [0.05, 0.1) is 36.2 Å². The van der Waals surface area contributed by atoms with Gasteiger partial charge in [-0.2, -0.15) is 0 Å². The van der Waals surface area contributed by atoms with E-state index in [2.05, 4.69) is 30.8 Å². The van der Waals surface area contributed by atoms with Crippen LogP contribution in [-0.2, 0) is 16.1 Å². The number of aromatic nitrogens is 6. The molecule has 4 aromatic rings. The van der Waals surface area contributed by atoms with Crippen LogP contribution in [0.5, 0.6) is 5.75 Å². The molecule has 0 saturated carbocycles. The first-order valence-corrected chi connectivity index (χ1v) is 14.1. The number of amides is 3. The van der Waals surface area contributed by atoms with Gasteiger partial charge in [-0.25, -0.2) is 9.67 Å². The number of ether oxygens (including phenoxy) is 1. The molecule has 0 spiro atoms. The molecule has 2 aliphatic rings. The van der Waals surface area contributed by atoms with Crippen LogP contribution in [0.15, 0.2) is 61.1 Å². The highest BCUT2D eigenvalue weighted by Gasteiger charge is 2.41. The van der Waals surface area contributed by atoms with Crippen molar-refractivity contribution in [1.82, 2.24) is 45.3 Å².